The Bertz CT molecular complexity index is 1430. The van der Waals surface area contributed by atoms with Crippen molar-refractivity contribution in [1.29, 1.82) is 0 Å². The highest BCUT2D eigenvalue weighted by molar-refractivity contribution is 5.71. The normalized spacial score (nSPS) is 28.5. The summed E-state index contributed by atoms with van der Waals surface area (Å²) in [4.78, 5) is 61.9. The first kappa shape index (κ1) is 33.6. The third-order valence-electron chi connectivity index (χ3n) is 7.75. The molecule has 1 aliphatic carbocycles. The molecule has 1 spiro atoms. The zero-order chi connectivity index (χ0) is 33.1. The summed E-state index contributed by atoms with van der Waals surface area (Å²) in [5, 5.41) is 0. The lowest BCUT2D eigenvalue weighted by molar-refractivity contribution is -0.380. The van der Waals surface area contributed by atoms with Gasteiger partial charge in [0.2, 0.25) is 11.9 Å². The molecule has 1 aliphatic heterocycles. The maximum Gasteiger partial charge on any atom is 0.303 e. The molecule has 2 aliphatic rings. The standard InChI is InChI=1S/C33H38O12/c1-8-23-12-14-24(15-13-23)16-25-10-9-11-26(17-25)33(39-7)29(42-20(4)36)27(40-18(2)34)28(41-19(3)35)32(45-33)30(43-21(5)37)31(32)44-22(6)38/h9-15,17,27-31H,8,16H2,1-7H3/t27-,28-,29+,30?,31?,32?,33?/m0/s1. The third kappa shape index (κ3) is 6.86. The topological polar surface area (TPSA) is 150 Å². The zero-order valence-electron chi connectivity index (χ0n) is 26.3. The highest BCUT2D eigenvalue weighted by Gasteiger charge is 2.85. The van der Waals surface area contributed by atoms with E-state index < -0.39 is 71.8 Å². The largest absolute Gasteiger partial charge is 0.455 e. The van der Waals surface area contributed by atoms with Crippen LogP contribution in [0.1, 0.15) is 63.8 Å². The SMILES string of the molecule is CCc1ccc(Cc2cccc(C3(OC)OC4(C(OC(C)=O)C4OC(C)=O)[C@@H](OC(C)=O)[C@H](OC(C)=O)[C@H]3OC(C)=O)c2)cc1. The molecule has 4 rings (SSSR count). The molecule has 3 unspecified atom stereocenters. The summed E-state index contributed by atoms with van der Waals surface area (Å²) < 4.78 is 40.8. The molecule has 0 aromatic heterocycles. The monoisotopic (exact) mass is 626 g/mol. The second-order valence-corrected chi connectivity index (χ2v) is 11.1. The van der Waals surface area contributed by atoms with Gasteiger partial charge in [-0.3, -0.25) is 24.0 Å². The number of hydrogen-bond acceptors (Lipinski definition) is 12. The van der Waals surface area contributed by atoms with Crippen LogP contribution in [-0.2, 0) is 75.8 Å². The fourth-order valence-electron chi connectivity index (χ4n) is 5.94. The minimum atomic E-state index is -2.04. The summed E-state index contributed by atoms with van der Waals surface area (Å²) >= 11 is 0. The van der Waals surface area contributed by atoms with Gasteiger partial charge in [0.1, 0.15) is 0 Å². The van der Waals surface area contributed by atoms with Crippen LogP contribution in [0, 0.1) is 0 Å². The molecule has 2 aromatic rings. The van der Waals surface area contributed by atoms with Gasteiger partial charge in [0.15, 0.2) is 30.0 Å². The number of hydrogen-bond donors (Lipinski definition) is 0. The summed E-state index contributed by atoms with van der Waals surface area (Å²) in [7, 11) is 1.29. The van der Waals surface area contributed by atoms with Crippen LogP contribution in [0.2, 0.25) is 0 Å². The Hall–Kier alpha value is -4.29. The lowest BCUT2D eigenvalue weighted by Crippen LogP contribution is -2.69. The Morgan fingerprint density at radius 3 is 1.62 bits per heavy atom. The van der Waals surface area contributed by atoms with E-state index in [9.17, 15) is 24.0 Å². The minimum Gasteiger partial charge on any atom is -0.455 e. The minimum absolute atomic E-state index is 0.340. The fourth-order valence-corrected chi connectivity index (χ4v) is 5.94. The van der Waals surface area contributed by atoms with E-state index in [0.717, 1.165) is 52.2 Å². The van der Waals surface area contributed by atoms with Crippen molar-refractivity contribution in [2.75, 3.05) is 7.11 Å². The number of esters is 5. The van der Waals surface area contributed by atoms with Crippen LogP contribution in [0.15, 0.2) is 48.5 Å². The van der Waals surface area contributed by atoms with Gasteiger partial charge in [-0.25, -0.2) is 0 Å². The maximum absolute atomic E-state index is 12.5. The van der Waals surface area contributed by atoms with Gasteiger partial charge in [-0.15, -0.1) is 0 Å². The van der Waals surface area contributed by atoms with E-state index in [1.165, 1.54) is 12.7 Å². The molecule has 0 bridgehead atoms. The first-order valence-corrected chi connectivity index (χ1v) is 14.6. The van der Waals surface area contributed by atoms with E-state index in [1.807, 2.05) is 18.2 Å². The molecule has 12 nitrogen and oxygen atoms in total. The molecule has 6 atom stereocenters. The van der Waals surface area contributed by atoms with Gasteiger partial charge in [0, 0.05) is 47.3 Å². The maximum atomic E-state index is 12.5. The molecule has 0 amide bonds. The van der Waals surface area contributed by atoms with Crippen LogP contribution in [0.25, 0.3) is 0 Å². The molecule has 2 fully saturated rings. The fraction of sp³-hybridized carbons (Fsp3) is 0.485. The van der Waals surface area contributed by atoms with Crippen LogP contribution in [-0.4, -0.2) is 73.1 Å². The average molecular weight is 627 g/mol. The van der Waals surface area contributed by atoms with Gasteiger partial charge in [-0.2, -0.15) is 0 Å². The Balaban J connectivity index is 1.92. The summed E-state index contributed by atoms with van der Waals surface area (Å²) in [6.45, 7) is 7.74. The first-order chi connectivity index (χ1) is 21.3. The lowest BCUT2D eigenvalue weighted by Gasteiger charge is -2.51. The van der Waals surface area contributed by atoms with Crippen molar-refractivity contribution in [3.63, 3.8) is 0 Å². The number of carbonyl (C=O) groups excluding carboxylic acids is 5. The number of ether oxygens (including phenoxy) is 7. The van der Waals surface area contributed by atoms with Gasteiger partial charge < -0.3 is 33.2 Å². The van der Waals surface area contributed by atoms with Gasteiger partial charge in [0.25, 0.3) is 0 Å². The lowest BCUT2D eigenvalue weighted by atomic mass is 9.85. The molecule has 1 heterocycles. The van der Waals surface area contributed by atoms with E-state index in [-0.39, 0.29) is 0 Å². The Morgan fingerprint density at radius 1 is 0.644 bits per heavy atom. The van der Waals surface area contributed by atoms with Gasteiger partial charge in [0.05, 0.1) is 0 Å². The molecule has 0 radical (unpaired) electrons. The Labute approximate surface area is 261 Å². The highest BCUT2D eigenvalue weighted by atomic mass is 16.8. The average Bonchev–Trinajstić information content (AvgIpc) is 3.53. The van der Waals surface area contributed by atoms with E-state index >= 15 is 0 Å². The molecule has 12 heteroatoms. The molecule has 45 heavy (non-hydrogen) atoms. The van der Waals surface area contributed by atoms with E-state index in [1.54, 1.807) is 18.2 Å². The molecule has 0 N–H and O–H groups in total. The molecular weight excluding hydrogens is 588 g/mol. The Morgan fingerprint density at radius 2 is 1.13 bits per heavy atom. The molecule has 2 aromatic carbocycles. The number of benzene rings is 2. The van der Waals surface area contributed by atoms with Crippen LogP contribution in [0.3, 0.4) is 0 Å². The van der Waals surface area contributed by atoms with Crippen LogP contribution in [0.5, 0.6) is 0 Å². The van der Waals surface area contributed by atoms with E-state index in [0.29, 0.717) is 12.0 Å². The number of rotatable bonds is 10. The van der Waals surface area contributed by atoms with Gasteiger partial charge >= 0.3 is 29.8 Å². The smallest absolute Gasteiger partial charge is 0.303 e. The first-order valence-electron chi connectivity index (χ1n) is 14.6. The summed E-state index contributed by atoms with van der Waals surface area (Å²) in [5.41, 5.74) is 1.48. The summed E-state index contributed by atoms with van der Waals surface area (Å²) in [5.74, 6) is -5.95. The zero-order valence-corrected chi connectivity index (χ0v) is 26.3. The van der Waals surface area contributed by atoms with E-state index in [4.69, 9.17) is 33.2 Å². The number of aryl methyl sites for hydroxylation is 1. The van der Waals surface area contributed by atoms with Crippen molar-refractivity contribution in [2.45, 2.75) is 96.3 Å². The molecule has 1 saturated carbocycles. The second-order valence-electron chi connectivity index (χ2n) is 11.1. The highest BCUT2D eigenvalue weighted by Crippen LogP contribution is 2.59. The number of methoxy groups -OCH3 is 1. The molecule has 1 saturated heterocycles. The summed E-state index contributed by atoms with van der Waals surface area (Å²) in [6, 6.07) is 15.3. The van der Waals surface area contributed by atoms with E-state index in [2.05, 4.69) is 19.1 Å². The predicted octanol–water partition coefficient (Wildman–Crippen LogP) is 3.08. The van der Waals surface area contributed by atoms with Crippen molar-refractivity contribution in [1.82, 2.24) is 0 Å². The molecule has 242 valence electrons. The van der Waals surface area contributed by atoms with Crippen LogP contribution < -0.4 is 0 Å². The van der Waals surface area contributed by atoms with Gasteiger partial charge in [-0.05, 0) is 35.6 Å². The van der Waals surface area contributed by atoms with Crippen molar-refractivity contribution in [3.05, 3.63) is 70.8 Å². The predicted molar refractivity (Wildman–Crippen MR) is 155 cm³/mol. The van der Waals surface area contributed by atoms with Crippen molar-refractivity contribution < 1.29 is 57.1 Å². The van der Waals surface area contributed by atoms with Crippen LogP contribution in [0.4, 0.5) is 0 Å². The second kappa shape index (κ2) is 13.4. The number of carbonyl (C=O) groups is 5. The van der Waals surface area contributed by atoms with Gasteiger partial charge in [-0.1, -0.05) is 49.4 Å². The van der Waals surface area contributed by atoms with Crippen molar-refractivity contribution in [2.24, 2.45) is 0 Å². The Kier molecular flexibility index (Phi) is 9.98. The molecular formula is C33H38O12. The summed E-state index contributed by atoms with van der Waals surface area (Å²) in [6.07, 6.45) is -5.87. The van der Waals surface area contributed by atoms with Crippen molar-refractivity contribution in [3.8, 4) is 0 Å². The quantitative estimate of drug-likeness (QED) is 0.282. The van der Waals surface area contributed by atoms with Crippen molar-refractivity contribution >= 4 is 29.8 Å². The third-order valence-corrected chi connectivity index (χ3v) is 7.75. The van der Waals surface area contributed by atoms with Crippen LogP contribution >= 0.6 is 0 Å².